The zero-order valence-corrected chi connectivity index (χ0v) is 8.53. The highest BCUT2D eigenvalue weighted by Gasteiger charge is 2.20. The van der Waals surface area contributed by atoms with Crippen molar-refractivity contribution < 1.29 is 9.90 Å². The molecule has 1 aromatic rings. The van der Waals surface area contributed by atoms with E-state index in [1.165, 1.54) is 0 Å². The maximum absolute atomic E-state index is 10.6. The van der Waals surface area contributed by atoms with Gasteiger partial charge in [-0.2, -0.15) is 0 Å². The first-order valence-corrected chi connectivity index (χ1v) is 4.52. The van der Waals surface area contributed by atoms with Gasteiger partial charge in [0.25, 0.3) is 0 Å². The SMILES string of the molecule is Cn1cnc(Cl)c1C(CN)CC(=O)O. The van der Waals surface area contributed by atoms with Gasteiger partial charge in [-0.1, -0.05) is 11.6 Å². The zero-order valence-electron chi connectivity index (χ0n) is 7.77. The second-order valence-electron chi connectivity index (χ2n) is 3.06. The smallest absolute Gasteiger partial charge is 0.304 e. The molecular formula is C8H12ClN3O2. The summed E-state index contributed by atoms with van der Waals surface area (Å²) in [7, 11) is 1.76. The van der Waals surface area contributed by atoms with Gasteiger partial charge in [0.15, 0.2) is 5.15 Å². The predicted octanol–water partition coefficient (Wildman–Crippen LogP) is 0.590. The molecule has 78 valence electrons. The first-order chi connectivity index (χ1) is 6.56. The molecule has 0 aromatic carbocycles. The number of nitrogens with two attached hydrogens (primary N) is 1. The normalized spacial score (nSPS) is 12.8. The number of hydrogen-bond acceptors (Lipinski definition) is 3. The number of aromatic nitrogens is 2. The lowest BCUT2D eigenvalue weighted by Crippen LogP contribution is -2.18. The van der Waals surface area contributed by atoms with Crippen LogP contribution in [0.5, 0.6) is 0 Å². The molecule has 1 atom stereocenters. The molecule has 6 heteroatoms. The summed E-state index contributed by atoms with van der Waals surface area (Å²) in [6.45, 7) is 0.242. The topological polar surface area (TPSA) is 81.1 Å². The van der Waals surface area contributed by atoms with E-state index in [0.717, 1.165) is 0 Å². The van der Waals surface area contributed by atoms with E-state index < -0.39 is 5.97 Å². The maximum atomic E-state index is 10.6. The van der Waals surface area contributed by atoms with Crippen molar-refractivity contribution >= 4 is 17.6 Å². The number of halogens is 1. The number of rotatable bonds is 4. The molecule has 1 rings (SSSR count). The van der Waals surface area contributed by atoms with Gasteiger partial charge in [0.05, 0.1) is 18.4 Å². The highest BCUT2D eigenvalue weighted by atomic mass is 35.5. The van der Waals surface area contributed by atoms with Gasteiger partial charge in [-0.05, 0) is 0 Å². The summed E-state index contributed by atoms with van der Waals surface area (Å²) < 4.78 is 1.70. The summed E-state index contributed by atoms with van der Waals surface area (Å²) in [5, 5.41) is 8.99. The Bertz CT molecular complexity index is 318. The van der Waals surface area contributed by atoms with Gasteiger partial charge < -0.3 is 15.4 Å². The van der Waals surface area contributed by atoms with E-state index in [1.54, 1.807) is 17.9 Å². The largest absolute Gasteiger partial charge is 0.481 e. The molecule has 0 aliphatic carbocycles. The van der Waals surface area contributed by atoms with Crippen LogP contribution in [0.15, 0.2) is 6.33 Å². The highest BCUT2D eigenvalue weighted by molar-refractivity contribution is 6.30. The van der Waals surface area contributed by atoms with Crippen LogP contribution in [0, 0.1) is 0 Å². The van der Waals surface area contributed by atoms with Crippen LogP contribution in [-0.2, 0) is 11.8 Å². The van der Waals surface area contributed by atoms with E-state index in [4.69, 9.17) is 22.4 Å². The minimum Gasteiger partial charge on any atom is -0.481 e. The van der Waals surface area contributed by atoms with E-state index in [0.29, 0.717) is 10.8 Å². The lowest BCUT2D eigenvalue weighted by molar-refractivity contribution is -0.137. The fraction of sp³-hybridized carbons (Fsp3) is 0.500. The summed E-state index contributed by atoms with van der Waals surface area (Å²) in [5.74, 6) is -1.18. The van der Waals surface area contributed by atoms with Crippen LogP contribution in [0.3, 0.4) is 0 Å². The summed E-state index contributed by atoms with van der Waals surface area (Å²) >= 11 is 5.82. The molecule has 1 heterocycles. The predicted molar refractivity (Wildman–Crippen MR) is 52.3 cm³/mol. The Labute approximate surface area is 86.5 Å². The average molecular weight is 218 g/mol. The van der Waals surface area contributed by atoms with Crippen LogP contribution in [0.1, 0.15) is 18.0 Å². The molecule has 0 aliphatic heterocycles. The van der Waals surface area contributed by atoms with Crippen LogP contribution in [0.2, 0.25) is 5.15 Å². The third-order valence-electron chi connectivity index (χ3n) is 2.03. The molecular weight excluding hydrogens is 206 g/mol. The van der Waals surface area contributed by atoms with E-state index in [1.807, 2.05) is 0 Å². The van der Waals surface area contributed by atoms with Gasteiger partial charge in [0.1, 0.15) is 0 Å². The minimum absolute atomic E-state index is 0.0320. The average Bonchev–Trinajstić information content (AvgIpc) is 2.43. The van der Waals surface area contributed by atoms with Crippen LogP contribution in [0.4, 0.5) is 0 Å². The van der Waals surface area contributed by atoms with Gasteiger partial charge in [-0.25, -0.2) is 4.98 Å². The molecule has 1 aromatic heterocycles. The van der Waals surface area contributed by atoms with Crippen LogP contribution >= 0.6 is 11.6 Å². The first kappa shape index (κ1) is 11.0. The minimum atomic E-state index is -0.891. The van der Waals surface area contributed by atoms with Crippen molar-refractivity contribution in [3.8, 4) is 0 Å². The van der Waals surface area contributed by atoms with Crippen LogP contribution in [-0.4, -0.2) is 27.2 Å². The van der Waals surface area contributed by atoms with E-state index in [2.05, 4.69) is 4.98 Å². The summed E-state index contributed by atoms with van der Waals surface area (Å²) in [4.78, 5) is 14.4. The quantitative estimate of drug-likeness (QED) is 0.774. The standard InChI is InChI=1S/C8H12ClN3O2/c1-12-4-11-8(9)7(12)5(3-10)2-6(13)14/h4-5H,2-3,10H2,1H3,(H,13,14). The number of carbonyl (C=O) groups is 1. The van der Waals surface area contributed by atoms with E-state index >= 15 is 0 Å². The Hall–Kier alpha value is -1.07. The van der Waals surface area contributed by atoms with Crippen LogP contribution in [0.25, 0.3) is 0 Å². The zero-order chi connectivity index (χ0) is 10.7. The Morgan fingerprint density at radius 1 is 1.86 bits per heavy atom. The van der Waals surface area contributed by atoms with E-state index in [-0.39, 0.29) is 18.9 Å². The molecule has 0 saturated heterocycles. The Kier molecular flexibility index (Phi) is 3.49. The summed E-state index contributed by atoms with van der Waals surface area (Å²) in [5.41, 5.74) is 6.16. The van der Waals surface area contributed by atoms with Crippen molar-refractivity contribution in [1.29, 1.82) is 0 Å². The molecule has 0 fully saturated rings. The molecule has 0 aliphatic rings. The lowest BCUT2D eigenvalue weighted by Gasteiger charge is -2.13. The Balaban J connectivity index is 2.94. The second kappa shape index (κ2) is 4.43. The van der Waals surface area contributed by atoms with Gasteiger partial charge in [0, 0.05) is 19.5 Å². The summed E-state index contributed by atoms with van der Waals surface area (Å²) in [6.07, 6.45) is 1.51. The highest BCUT2D eigenvalue weighted by Crippen LogP contribution is 2.24. The fourth-order valence-electron chi connectivity index (χ4n) is 1.37. The van der Waals surface area contributed by atoms with Crippen molar-refractivity contribution in [2.45, 2.75) is 12.3 Å². The molecule has 0 spiro atoms. The first-order valence-electron chi connectivity index (χ1n) is 4.14. The van der Waals surface area contributed by atoms with Gasteiger partial charge >= 0.3 is 5.97 Å². The summed E-state index contributed by atoms with van der Waals surface area (Å²) in [6, 6.07) is 0. The number of aliphatic carboxylic acids is 1. The maximum Gasteiger partial charge on any atom is 0.304 e. The number of carboxylic acids is 1. The van der Waals surface area contributed by atoms with Gasteiger partial charge in [-0.15, -0.1) is 0 Å². The molecule has 14 heavy (non-hydrogen) atoms. The van der Waals surface area contributed by atoms with Crippen LogP contribution < -0.4 is 5.73 Å². The second-order valence-corrected chi connectivity index (χ2v) is 3.42. The molecule has 5 nitrogen and oxygen atoms in total. The fourth-order valence-corrected chi connectivity index (χ4v) is 1.70. The third kappa shape index (κ3) is 2.24. The molecule has 0 amide bonds. The van der Waals surface area contributed by atoms with E-state index in [9.17, 15) is 4.79 Å². The Morgan fingerprint density at radius 3 is 2.86 bits per heavy atom. The number of carboxylic acid groups (broad SMARTS) is 1. The monoisotopic (exact) mass is 217 g/mol. The number of nitrogens with zero attached hydrogens (tertiary/aromatic N) is 2. The van der Waals surface area contributed by atoms with Crippen molar-refractivity contribution in [1.82, 2.24) is 9.55 Å². The molecule has 1 unspecified atom stereocenters. The number of imidazole rings is 1. The molecule has 0 radical (unpaired) electrons. The lowest BCUT2D eigenvalue weighted by atomic mass is 10.0. The van der Waals surface area contributed by atoms with Crippen molar-refractivity contribution in [3.05, 3.63) is 17.2 Å². The number of hydrogen-bond donors (Lipinski definition) is 2. The van der Waals surface area contributed by atoms with Crippen molar-refractivity contribution in [3.63, 3.8) is 0 Å². The molecule has 0 saturated carbocycles. The van der Waals surface area contributed by atoms with Gasteiger partial charge in [-0.3, -0.25) is 4.79 Å². The number of aryl methyl sites for hydroxylation is 1. The van der Waals surface area contributed by atoms with Crippen molar-refractivity contribution in [2.75, 3.05) is 6.54 Å². The van der Waals surface area contributed by atoms with Gasteiger partial charge in [0.2, 0.25) is 0 Å². The third-order valence-corrected chi connectivity index (χ3v) is 2.32. The van der Waals surface area contributed by atoms with Crippen molar-refractivity contribution in [2.24, 2.45) is 12.8 Å². The molecule has 3 N–H and O–H groups in total. The Morgan fingerprint density at radius 2 is 2.50 bits per heavy atom. The molecule has 0 bridgehead atoms.